The van der Waals surface area contributed by atoms with E-state index in [4.69, 9.17) is 16.0 Å². The Labute approximate surface area is 210 Å². The van der Waals surface area contributed by atoms with Gasteiger partial charge in [0.2, 0.25) is 0 Å². The summed E-state index contributed by atoms with van der Waals surface area (Å²) in [6.07, 6.45) is 3.87. The highest BCUT2D eigenvalue weighted by Crippen LogP contribution is 2.27. The first-order valence-electron chi connectivity index (χ1n) is 10.8. The zero-order valence-corrected chi connectivity index (χ0v) is 19.9. The third kappa shape index (κ3) is 5.17. The average Bonchev–Trinajstić information content (AvgIpc) is 3.52. The van der Waals surface area contributed by atoms with Crippen LogP contribution in [-0.2, 0) is 11.2 Å². The number of anilines is 1. The second kappa shape index (κ2) is 9.98. The Kier molecular flexibility index (Phi) is 6.44. The van der Waals surface area contributed by atoms with E-state index in [0.717, 1.165) is 10.4 Å². The Hall–Kier alpha value is -4.18. The van der Waals surface area contributed by atoms with Crippen LogP contribution < -0.4 is 5.32 Å². The first-order valence-corrected chi connectivity index (χ1v) is 12.0. The van der Waals surface area contributed by atoms with E-state index in [1.807, 2.05) is 36.4 Å². The van der Waals surface area contributed by atoms with E-state index in [9.17, 15) is 10.1 Å². The summed E-state index contributed by atoms with van der Waals surface area (Å²) in [7, 11) is 0. The number of carbonyl (C=O) groups is 1. The fraction of sp³-hybridized carbons (Fsp3) is 0.0357. The summed E-state index contributed by atoms with van der Waals surface area (Å²) < 4.78 is 5.78. The molecule has 0 atom stereocenters. The lowest BCUT2D eigenvalue weighted by Crippen LogP contribution is -2.13. The van der Waals surface area contributed by atoms with Crippen molar-refractivity contribution in [3.05, 3.63) is 112 Å². The number of nitrogens with zero attached hydrogens (tertiary/aromatic N) is 2. The van der Waals surface area contributed by atoms with Gasteiger partial charge in [-0.1, -0.05) is 66.2 Å². The molecule has 0 saturated heterocycles. The maximum atomic E-state index is 12.7. The summed E-state index contributed by atoms with van der Waals surface area (Å²) in [6, 6.07) is 27.1. The first kappa shape index (κ1) is 22.6. The van der Waals surface area contributed by atoms with Crippen LogP contribution in [0.2, 0.25) is 5.02 Å². The Morgan fingerprint density at radius 2 is 1.91 bits per heavy atom. The van der Waals surface area contributed by atoms with Gasteiger partial charge in [0.1, 0.15) is 23.2 Å². The number of fused-ring (bicyclic) bond motifs is 1. The second-order valence-corrected chi connectivity index (χ2v) is 9.33. The number of amides is 1. The van der Waals surface area contributed by atoms with Crippen molar-refractivity contribution < 1.29 is 9.21 Å². The second-order valence-electron chi connectivity index (χ2n) is 7.78. The molecule has 0 aliphatic rings. The molecule has 0 fully saturated rings. The molecule has 7 heteroatoms. The van der Waals surface area contributed by atoms with Crippen molar-refractivity contribution in [3.8, 4) is 17.4 Å². The van der Waals surface area contributed by atoms with E-state index < -0.39 is 5.91 Å². The number of rotatable bonds is 6. The molecule has 0 spiro atoms. The van der Waals surface area contributed by atoms with Gasteiger partial charge in [-0.3, -0.25) is 10.1 Å². The van der Waals surface area contributed by atoms with E-state index in [2.05, 4.69) is 34.6 Å². The SMILES string of the molecule is N#C/C(=C\c1ccc(-c2cccc(Cl)c2)o1)C(=O)Nc1ncc(Cc2cccc3ccccc23)s1. The Morgan fingerprint density at radius 3 is 2.77 bits per heavy atom. The predicted molar refractivity (Wildman–Crippen MR) is 140 cm³/mol. The molecule has 2 aromatic heterocycles. The minimum atomic E-state index is -0.542. The molecule has 1 N–H and O–H groups in total. The van der Waals surface area contributed by atoms with Crippen molar-refractivity contribution in [3.63, 3.8) is 0 Å². The van der Waals surface area contributed by atoms with Gasteiger partial charge >= 0.3 is 0 Å². The number of nitrogens with one attached hydrogen (secondary N) is 1. The van der Waals surface area contributed by atoms with Crippen LogP contribution in [0.1, 0.15) is 16.2 Å². The molecule has 3 aromatic carbocycles. The summed E-state index contributed by atoms with van der Waals surface area (Å²) in [5.41, 5.74) is 1.92. The maximum Gasteiger partial charge on any atom is 0.268 e. The molecule has 1 amide bonds. The molecule has 170 valence electrons. The number of halogens is 1. The van der Waals surface area contributed by atoms with Crippen molar-refractivity contribution in [1.82, 2.24) is 4.98 Å². The van der Waals surface area contributed by atoms with E-state index in [1.54, 1.807) is 30.5 Å². The number of nitriles is 1. The summed E-state index contributed by atoms with van der Waals surface area (Å²) in [4.78, 5) is 18.1. The van der Waals surface area contributed by atoms with Crippen LogP contribution in [0.3, 0.4) is 0 Å². The molecule has 0 saturated carbocycles. The van der Waals surface area contributed by atoms with Gasteiger partial charge in [-0.05, 0) is 40.6 Å². The lowest BCUT2D eigenvalue weighted by atomic mass is 10.0. The summed E-state index contributed by atoms with van der Waals surface area (Å²) in [5, 5.41) is 15.7. The molecule has 2 heterocycles. The van der Waals surface area contributed by atoms with Crippen molar-refractivity contribution in [1.29, 1.82) is 5.26 Å². The van der Waals surface area contributed by atoms with E-state index in [0.29, 0.717) is 28.1 Å². The summed E-state index contributed by atoms with van der Waals surface area (Å²) >= 11 is 7.43. The van der Waals surface area contributed by atoms with Crippen molar-refractivity contribution in [2.75, 3.05) is 5.32 Å². The fourth-order valence-electron chi connectivity index (χ4n) is 3.76. The summed E-state index contributed by atoms with van der Waals surface area (Å²) in [6.45, 7) is 0. The molecule has 35 heavy (non-hydrogen) atoms. The molecule has 5 rings (SSSR count). The largest absolute Gasteiger partial charge is 0.457 e. The molecule has 0 unspecified atom stereocenters. The number of hydrogen-bond donors (Lipinski definition) is 1. The van der Waals surface area contributed by atoms with Crippen LogP contribution in [0, 0.1) is 11.3 Å². The quantitative estimate of drug-likeness (QED) is 0.197. The zero-order chi connectivity index (χ0) is 24.2. The van der Waals surface area contributed by atoms with Gasteiger partial charge in [-0.2, -0.15) is 5.26 Å². The molecule has 0 radical (unpaired) electrons. The van der Waals surface area contributed by atoms with E-state index in [1.165, 1.54) is 33.7 Å². The van der Waals surface area contributed by atoms with Crippen LogP contribution in [-0.4, -0.2) is 10.9 Å². The van der Waals surface area contributed by atoms with Crippen LogP contribution in [0.15, 0.2) is 95.0 Å². The Morgan fingerprint density at radius 1 is 1.09 bits per heavy atom. The maximum absolute atomic E-state index is 12.7. The molecular formula is C28H18ClN3O2S. The summed E-state index contributed by atoms with van der Waals surface area (Å²) in [5.74, 6) is 0.441. The third-order valence-electron chi connectivity index (χ3n) is 5.41. The van der Waals surface area contributed by atoms with Gasteiger partial charge in [0.25, 0.3) is 5.91 Å². The van der Waals surface area contributed by atoms with Crippen LogP contribution in [0.5, 0.6) is 0 Å². The standard InChI is InChI=1S/C28H18ClN3O2S/c29-22-9-4-8-20(13-22)26-12-11-23(34-26)14-21(16-30)27(33)32-28-31-17-24(35-28)15-19-7-3-6-18-5-1-2-10-25(18)19/h1-14,17H,15H2,(H,31,32,33)/b21-14+. The molecule has 5 aromatic rings. The van der Waals surface area contributed by atoms with Crippen LogP contribution in [0.25, 0.3) is 28.2 Å². The first-order chi connectivity index (χ1) is 17.1. The van der Waals surface area contributed by atoms with Gasteiger partial charge in [-0.25, -0.2) is 4.98 Å². The molecule has 0 aliphatic heterocycles. The van der Waals surface area contributed by atoms with Crippen molar-refractivity contribution in [2.24, 2.45) is 0 Å². The number of benzene rings is 3. The highest BCUT2D eigenvalue weighted by molar-refractivity contribution is 7.15. The topological polar surface area (TPSA) is 78.9 Å². The smallest absolute Gasteiger partial charge is 0.268 e. The average molecular weight is 496 g/mol. The monoisotopic (exact) mass is 495 g/mol. The van der Waals surface area contributed by atoms with Crippen molar-refractivity contribution >= 4 is 50.8 Å². The molecule has 0 bridgehead atoms. The fourth-order valence-corrected chi connectivity index (χ4v) is 4.78. The predicted octanol–water partition coefficient (Wildman–Crippen LogP) is 7.35. The zero-order valence-electron chi connectivity index (χ0n) is 18.4. The van der Waals surface area contributed by atoms with Crippen LogP contribution >= 0.6 is 22.9 Å². The van der Waals surface area contributed by atoms with E-state index >= 15 is 0 Å². The highest BCUT2D eigenvalue weighted by atomic mass is 35.5. The molecule has 5 nitrogen and oxygen atoms in total. The normalized spacial score (nSPS) is 11.4. The lowest BCUT2D eigenvalue weighted by molar-refractivity contribution is -0.112. The molecule has 0 aliphatic carbocycles. The van der Waals surface area contributed by atoms with Gasteiger partial charge in [-0.15, -0.1) is 11.3 Å². The Bertz CT molecular complexity index is 1600. The van der Waals surface area contributed by atoms with Gasteiger partial charge < -0.3 is 4.42 Å². The van der Waals surface area contributed by atoms with Gasteiger partial charge in [0.05, 0.1) is 0 Å². The third-order valence-corrected chi connectivity index (χ3v) is 6.55. The number of furan rings is 1. The number of carbonyl (C=O) groups excluding carboxylic acids is 1. The van der Waals surface area contributed by atoms with Crippen LogP contribution in [0.4, 0.5) is 5.13 Å². The Balaban J connectivity index is 1.29. The number of thiazole rings is 1. The van der Waals surface area contributed by atoms with E-state index in [-0.39, 0.29) is 5.57 Å². The van der Waals surface area contributed by atoms with Gasteiger partial charge in [0, 0.05) is 34.2 Å². The van der Waals surface area contributed by atoms with Crippen molar-refractivity contribution in [2.45, 2.75) is 6.42 Å². The highest BCUT2D eigenvalue weighted by Gasteiger charge is 2.14. The minimum absolute atomic E-state index is 0.0807. The molecular weight excluding hydrogens is 478 g/mol. The number of aromatic nitrogens is 1. The lowest BCUT2D eigenvalue weighted by Gasteiger charge is -2.04. The van der Waals surface area contributed by atoms with Gasteiger partial charge in [0.15, 0.2) is 5.13 Å². The minimum Gasteiger partial charge on any atom is -0.457 e. The number of hydrogen-bond acceptors (Lipinski definition) is 5.